The first-order valence-corrected chi connectivity index (χ1v) is 4.91. The number of rotatable bonds is 5. The van der Waals surface area contributed by atoms with Crippen LogP contribution in [0.25, 0.3) is 0 Å². The summed E-state index contributed by atoms with van der Waals surface area (Å²) in [5.41, 5.74) is 5.02. The smallest absolute Gasteiger partial charge is 0.320 e. The summed E-state index contributed by atoms with van der Waals surface area (Å²) in [5.74, 6) is -0.820. The Labute approximate surface area is 83.3 Å². The molecule has 80 valence electrons. The molecule has 8 heteroatoms. The van der Waals surface area contributed by atoms with Gasteiger partial charge in [-0.3, -0.25) is 4.79 Å². The van der Waals surface area contributed by atoms with Gasteiger partial charge in [0.1, 0.15) is 6.54 Å². The third-order valence-electron chi connectivity index (χ3n) is 1.05. The summed E-state index contributed by atoms with van der Waals surface area (Å²) in [4.78, 5) is 10.5. The molecule has 0 atom stereocenters. The number of hydrogen-bond donors (Lipinski definition) is 2. The minimum absolute atomic E-state index is 0. The number of ether oxygens (including phenoxy) is 1. The van der Waals surface area contributed by atoms with Gasteiger partial charge in [0.2, 0.25) is 10.0 Å². The van der Waals surface area contributed by atoms with Gasteiger partial charge in [-0.1, -0.05) is 0 Å². The van der Waals surface area contributed by atoms with E-state index >= 15 is 0 Å². The second kappa shape index (κ2) is 7.07. The van der Waals surface area contributed by atoms with Gasteiger partial charge in [0, 0.05) is 6.54 Å². The number of carbonyl (C=O) groups is 1. The van der Waals surface area contributed by atoms with Crippen LogP contribution in [-0.4, -0.2) is 40.3 Å². The zero-order valence-electron chi connectivity index (χ0n) is 7.15. The van der Waals surface area contributed by atoms with Crippen LogP contribution in [0, 0.1) is 0 Å². The van der Waals surface area contributed by atoms with E-state index in [0.29, 0.717) is 0 Å². The van der Waals surface area contributed by atoms with Crippen molar-refractivity contribution in [1.82, 2.24) is 4.72 Å². The average molecular weight is 233 g/mol. The highest BCUT2D eigenvalue weighted by Crippen LogP contribution is 1.81. The SMILES string of the molecule is COC(=O)CNS(=O)(=O)CCN.Cl. The fourth-order valence-electron chi connectivity index (χ4n) is 0.468. The molecule has 0 heterocycles. The Morgan fingerprint density at radius 3 is 2.46 bits per heavy atom. The first-order chi connectivity index (χ1) is 5.52. The number of nitrogens with two attached hydrogens (primary N) is 1. The first-order valence-electron chi connectivity index (χ1n) is 3.26. The maximum absolute atomic E-state index is 10.9. The van der Waals surface area contributed by atoms with Crippen LogP contribution in [0.3, 0.4) is 0 Å². The Morgan fingerprint density at radius 1 is 1.54 bits per heavy atom. The predicted octanol–water partition coefficient (Wildman–Crippen LogP) is -1.54. The molecular weight excluding hydrogens is 220 g/mol. The van der Waals surface area contributed by atoms with Crippen molar-refractivity contribution in [3.63, 3.8) is 0 Å². The van der Waals surface area contributed by atoms with Crippen molar-refractivity contribution < 1.29 is 17.9 Å². The predicted molar refractivity (Wildman–Crippen MR) is 50.1 cm³/mol. The quantitative estimate of drug-likeness (QED) is 0.560. The van der Waals surface area contributed by atoms with E-state index < -0.39 is 16.0 Å². The van der Waals surface area contributed by atoms with E-state index in [1.807, 2.05) is 4.72 Å². The van der Waals surface area contributed by atoms with Gasteiger partial charge in [0.15, 0.2) is 0 Å². The van der Waals surface area contributed by atoms with E-state index in [4.69, 9.17) is 5.73 Å². The van der Waals surface area contributed by atoms with Gasteiger partial charge >= 0.3 is 5.97 Å². The summed E-state index contributed by atoms with van der Waals surface area (Å²) in [6, 6.07) is 0. The number of halogens is 1. The van der Waals surface area contributed by atoms with Gasteiger partial charge < -0.3 is 10.5 Å². The van der Waals surface area contributed by atoms with Crippen molar-refractivity contribution in [2.75, 3.05) is 26.0 Å². The van der Waals surface area contributed by atoms with Crippen molar-refractivity contribution >= 4 is 28.4 Å². The summed E-state index contributed by atoms with van der Waals surface area (Å²) in [5, 5.41) is 0. The second-order valence-electron chi connectivity index (χ2n) is 2.00. The average Bonchev–Trinajstić information content (AvgIpc) is 2.00. The van der Waals surface area contributed by atoms with Gasteiger partial charge in [0.25, 0.3) is 0 Å². The van der Waals surface area contributed by atoms with Crippen LogP contribution in [0.2, 0.25) is 0 Å². The molecule has 0 unspecified atom stereocenters. The van der Waals surface area contributed by atoms with Gasteiger partial charge in [-0.25, -0.2) is 13.1 Å². The van der Waals surface area contributed by atoms with Gasteiger partial charge in [0.05, 0.1) is 12.9 Å². The molecule has 0 aromatic carbocycles. The lowest BCUT2D eigenvalue weighted by Crippen LogP contribution is -2.34. The fourth-order valence-corrected chi connectivity index (χ4v) is 1.26. The molecule has 3 N–H and O–H groups in total. The van der Waals surface area contributed by atoms with E-state index in [0.717, 1.165) is 0 Å². The number of esters is 1. The molecule has 0 rings (SSSR count). The van der Waals surface area contributed by atoms with Crippen LogP contribution in [0.1, 0.15) is 0 Å². The van der Waals surface area contributed by atoms with Crippen LogP contribution in [0.15, 0.2) is 0 Å². The Balaban J connectivity index is 0. The summed E-state index contributed by atoms with van der Waals surface area (Å²) in [7, 11) is -2.23. The highest BCUT2D eigenvalue weighted by atomic mass is 35.5. The number of carbonyl (C=O) groups excluding carboxylic acids is 1. The van der Waals surface area contributed by atoms with Crippen LogP contribution in [0.4, 0.5) is 0 Å². The fraction of sp³-hybridized carbons (Fsp3) is 0.800. The topological polar surface area (TPSA) is 98.5 Å². The highest BCUT2D eigenvalue weighted by Gasteiger charge is 2.10. The van der Waals surface area contributed by atoms with Gasteiger partial charge in [-0.2, -0.15) is 0 Å². The molecule has 0 bridgehead atoms. The number of hydrogen-bond acceptors (Lipinski definition) is 5. The third kappa shape index (κ3) is 7.97. The third-order valence-corrected chi connectivity index (χ3v) is 2.41. The first kappa shape index (κ1) is 15.1. The number of methoxy groups -OCH3 is 1. The summed E-state index contributed by atoms with van der Waals surface area (Å²) >= 11 is 0. The summed E-state index contributed by atoms with van der Waals surface area (Å²) in [6.07, 6.45) is 0. The molecule has 13 heavy (non-hydrogen) atoms. The second-order valence-corrected chi connectivity index (χ2v) is 3.93. The molecular formula is C5H13ClN2O4S. The number of sulfonamides is 1. The monoisotopic (exact) mass is 232 g/mol. The largest absolute Gasteiger partial charge is 0.468 e. The molecule has 0 aromatic heterocycles. The molecule has 6 nitrogen and oxygen atoms in total. The number of nitrogens with one attached hydrogen (secondary N) is 1. The molecule has 0 radical (unpaired) electrons. The molecule has 0 aliphatic heterocycles. The van der Waals surface area contributed by atoms with E-state index in [1.54, 1.807) is 0 Å². The van der Waals surface area contributed by atoms with Crippen molar-refractivity contribution in [2.45, 2.75) is 0 Å². The Bertz CT molecular complexity index is 241. The maximum Gasteiger partial charge on any atom is 0.320 e. The lowest BCUT2D eigenvalue weighted by atomic mass is 10.7. The molecule has 0 aliphatic carbocycles. The lowest BCUT2D eigenvalue weighted by Gasteiger charge is -2.02. The normalized spacial score (nSPS) is 10.3. The van der Waals surface area contributed by atoms with Crippen LogP contribution in [0.5, 0.6) is 0 Å². The lowest BCUT2D eigenvalue weighted by molar-refractivity contribution is -0.139. The van der Waals surface area contributed by atoms with E-state index in [1.165, 1.54) is 7.11 Å². The van der Waals surface area contributed by atoms with Crippen molar-refractivity contribution in [3.05, 3.63) is 0 Å². The zero-order chi connectivity index (χ0) is 9.61. The summed E-state index contributed by atoms with van der Waals surface area (Å²) in [6.45, 7) is -0.324. The summed E-state index contributed by atoms with van der Waals surface area (Å²) < 4.78 is 28.0. The minimum atomic E-state index is -3.41. The van der Waals surface area contributed by atoms with E-state index in [2.05, 4.69) is 4.74 Å². The maximum atomic E-state index is 10.9. The Kier molecular flexibility index (Phi) is 8.23. The standard InChI is InChI=1S/C5H12N2O4S.ClH/c1-11-5(8)4-7-12(9,10)3-2-6;/h7H,2-4,6H2,1H3;1H. The molecule has 0 aliphatic rings. The molecule has 0 amide bonds. The molecule has 0 saturated heterocycles. The van der Waals surface area contributed by atoms with Crippen LogP contribution in [-0.2, 0) is 19.6 Å². The molecule has 0 saturated carbocycles. The minimum Gasteiger partial charge on any atom is -0.468 e. The highest BCUT2D eigenvalue weighted by molar-refractivity contribution is 7.89. The van der Waals surface area contributed by atoms with Gasteiger partial charge in [-0.15, -0.1) is 12.4 Å². The van der Waals surface area contributed by atoms with Gasteiger partial charge in [-0.05, 0) is 0 Å². The van der Waals surface area contributed by atoms with Crippen LogP contribution < -0.4 is 10.5 Å². The Morgan fingerprint density at radius 2 is 2.08 bits per heavy atom. The molecule has 0 aromatic rings. The molecule has 0 fully saturated rings. The molecule has 0 spiro atoms. The van der Waals surface area contributed by atoms with E-state index in [-0.39, 0.29) is 31.2 Å². The van der Waals surface area contributed by atoms with Crippen LogP contribution >= 0.6 is 12.4 Å². The zero-order valence-corrected chi connectivity index (χ0v) is 8.78. The van der Waals surface area contributed by atoms with Crippen molar-refractivity contribution in [2.24, 2.45) is 5.73 Å². The van der Waals surface area contributed by atoms with Crippen molar-refractivity contribution in [3.8, 4) is 0 Å². The van der Waals surface area contributed by atoms with Crippen molar-refractivity contribution in [1.29, 1.82) is 0 Å². The Hall–Kier alpha value is -0.370. The van der Waals surface area contributed by atoms with E-state index in [9.17, 15) is 13.2 Å².